The highest BCUT2D eigenvalue weighted by molar-refractivity contribution is 5.67. The lowest BCUT2D eigenvalue weighted by atomic mass is 10.0. The lowest BCUT2D eigenvalue weighted by molar-refractivity contribution is -0.113. The monoisotopic (exact) mass is 364 g/mol. The lowest BCUT2D eigenvalue weighted by Gasteiger charge is -2.19. The fourth-order valence-corrected chi connectivity index (χ4v) is 1.70. The first-order valence-electron chi connectivity index (χ1n) is 9.04. The van der Waals surface area contributed by atoms with E-state index in [9.17, 15) is 9.59 Å². The van der Waals surface area contributed by atoms with E-state index in [2.05, 4.69) is 26.0 Å². The molecule has 0 aromatic heterocycles. The molecule has 0 aliphatic heterocycles. The van der Waals surface area contributed by atoms with Gasteiger partial charge in [-0.1, -0.05) is 58.9 Å². The minimum atomic E-state index is -0.278. The van der Waals surface area contributed by atoms with Crippen LogP contribution < -0.4 is 0 Å². The molecule has 26 heavy (non-hydrogen) atoms. The molecule has 0 atom stereocenters. The van der Waals surface area contributed by atoms with Gasteiger partial charge < -0.3 is 19.3 Å². The van der Waals surface area contributed by atoms with E-state index >= 15 is 0 Å². The van der Waals surface area contributed by atoms with Crippen molar-refractivity contribution in [1.29, 1.82) is 0 Å². The second kappa shape index (κ2) is 11.7. The first-order chi connectivity index (χ1) is 12.0. The summed E-state index contributed by atoms with van der Waals surface area (Å²) >= 11 is 0. The van der Waals surface area contributed by atoms with Crippen LogP contribution in [-0.2, 0) is 16.1 Å². The molecule has 1 aromatic rings. The lowest BCUT2D eigenvalue weighted by Crippen LogP contribution is -2.33. The highest BCUT2D eigenvalue weighted by Crippen LogP contribution is 2.15. The van der Waals surface area contributed by atoms with Crippen LogP contribution in [0.15, 0.2) is 24.3 Å². The van der Waals surface area contributed by atoms with Gasteiger partial charge in [0.2, 0.25) is 0 Å². The maximum atomic E-state index is 11.8. The average Bonchev–Trinajstić information content (AvgIpc) is 2.57. The largest absolute Gasteiger partial charge is 0.445 e. The first-order valence-corrected chi connectivity index (χ1v) is 9.04. The van der Waals surface area contributed by atoms with Crippen molar-refractivity contribution in [2.24, 2.45) is 5.41 Å². The number of amides is 1. The molecule has 0 aliphatic carbocycles. The molecule has 1 amide bonds. The van der Waals surface area contributed by atoms with Crippen molar-refractivity contribution in [2.75, 3.05) is 34.2 Å². The predicted molar refractivity (Wildman–Crippen MR) is 107 cm³/mol. The second-order valence-electron chi connectivity index (χ2n) is 8.16. The molecule has 0 aliphatic rings. The fourth-order valence-electron chi connectivity index (χ4n) is 1.70. The van der Waals surface area contributed by atoms with Crippen molar-refractivity contribution in [3.05, 3.63) is 35.4 Å². The first kappa shape index (κ1) is 24.1. The molecule has 5 heteroatoms. The van der Waals surface area contributed by atoms with Crippen molar-refractivity contribution in [3.8, 4) is 0 Å². The number of likely N-dealkylation sites (N-methyl/N-ethyl adjacent to an activating group) is 2. The zero-order valence-electron chi connectivity index (χ0n) is 17.7. The molecule has 148 valence electrons. The fraction of sp³-hybridized carbons (Fsp3) is 0.619. The van der Waals surface area contributed by atoms with E-state index < -0.39 is 0 Å². The topological polar surface area (TPSA) is 49.9 Å². The number of carbonyl (C=O) groups excluding carboxylic acids is 2. The van der Waals surface area contributed by atoms with Gasteiger partial charge in [0, 0.05) is 25.6 Å². The number of hydrogen-bond acceptors (Lipinski definition) is 4. The number of hydrogen-bond donors (Lipinski definition) is 0. The molecular formula is C21H36N2O3. The summed E-state index contributed by atoms with van der Waals surface area (Å²) < 4.78 is 5.29. The van der Waals surface area contributed by atoms with Crippen LogP contribution in [0.4, 0.5) is 4.79 Å². The minimum Gasteiger partial charge on any atom is -0.445 e. The Morgan fingerprint density at radius 2 is 1.58 bits per heavy atom. The molecule has 0 bridgehead atoms. The van der Waals surface area contributed by atoms with Crippen molar-refractivity contribution in [3.63, 3.8) is 0 Å². The normalized spacial score (nSPS) is 11.0. The van der Waals surface area contributed by atoms with Gasteiger partial charge in [0.1, 0.15) is 12.9 Å². The summed E-state index contributed by atoms with van der Waals surface area (Å²) in [5.41, 5.74) is 2.17. The van der Waals surface area contributed by atoms with Crippen LogP contribution in [0, 0.1) is 5.41 Å². The molecular weight excluding hydrogens is 328 g/mol. The summed E-state index contributed by atoms with van der Waals surface area (Å²) in [6, 6.07) is 8.21. The highest BCUT2D eigenvalue weighted by atomic mass is 16.6. The quantitative estimate of drug-likeness (QED) is 0.711. The second-order valence-corrected chi connectivity index (χ2v) is 8.16. The maximum Gasteiger partial charge on any atom is 0.409 e. The summed E-state index contributed by atoms with van der Waals surface area (Å²) in [6.07, 6.45) is 0.660. The molecule has 0 spiro atoms. The van der Waals surface area contributed by atoms with E-state index in [1.807, 2.05) is 51.9 Å². The van der Waals surface area contributed by atoms with Crippen LogP contribution in [0.2, 0.25) is 0 Å². The molecule has 0 radical (unpaired) electrons. The highest BCUT2D eigenvalue weighted by Gasteiger charge is 2.10. The van der Waals surface area contributed by atoms with Gasteiger partial charge in [-0.25, -0.2) is 4.79 Å². The molecule has 0 unspecified atom stereocenters. The number of ether oxygens (including phenoxy) is 1. The van der Waals surface area contributed by atoms with Gasteiger partial charge in [0.15, 0.2) is 0 Å². The Kier molecular flexibility index (Phi) is 10.8. The van der Waals surface area contributed by atoms with E-state index in [4.69, 9.17) is 4.74 Å². The summed E-state index contributed by atoms with van der Waals surface area (Å²) in [5, 5.41) is 0. The van der Waals surface area contributed by atoms with E-state index in [0.29, 0.717) is 19.1 Å². The average molecular weight is 365 g/mol. The molecule has 0 N–H and O–H groups in total. The Labute approximate surface area is 159 Å². The molecule has 5 nitrogen and oxygen atoms in total. The van der Waals surface area contributed by atoms with Gasteiger partial charge in [-0.15, -0.1) is 0 Å². The van der Waals surface area contributed by atoms with Crippen LogP contribution in [-0.4, -0.2) is 56.4 Å². The van der Waals surface area contributed by atoms with Gasteiger partial charge in [-0.2, -0.15) is 0 Å². The smallest absolute Gasteiger partial charge is 0.409 e. The number of aldehydes is 1. The van der Waals surface area contributed by atoms with Crippen molar-refractivity contribution in [1.82, 2.24) is 9.80 Å². The van der Waals surface area contributed by atoms with Gasteiger partial charge in [0.25, 0.3) is 0 Å². The molecule has 1 aromatic carbocycles. The summed E-state index contributed by atoms with van der Waals surface area (Å²) in [4.78, 5) is 25.3. The SMILES string of the molecule is CC(C)(C)C=O.CC(C)c1ccc(COC(=O)N(C)CCN(C)C)cc1. The molecule has 1 rings (SSSR count). The third-order valence-corrected chi connectivity index (χ3v) is 3.56. The standard InChI is InChI=1S/C16H26N2O2.C5H10O/c1-13(2)15-8-6-14(7-9-15)12-20-16(19)18(5)11-10-17(3)4;1-5(2,3)4-6/h6-9,13H,10-12H2,1-5H3;4H,1-3H3. The predicted octanol–water partition coefficient (Wildman–Crippen LogP) is 4.17. The Balaban J connectivity index is 0.000000896. The van der Waals surface area contributed by atoms with Gasteiger partial charge >= 0.3 is 6.09 Å². The van der Waals surface area contributed by atoms with E-state index in [1.54, 1.807) is 11.9 Å². The zero-order chi connectivity index (χ0) is 20.3. The van der Waals surface area contributed by atoms with Crippen LogP contribution in [0.3, 0.4) is 0 Å². The van der Waals surface area contributed by atoms with Gasteiger partial charge in [-0.05, 0) is 31.1 Å². The number of benzene rings is 1. The van der Waals surface area contributed by atoms with Gasteiger partial charge in [-0.3, -0.25) is 0 Å². The van der Waals surface area contributed by atoms with E-state index in [0.717, 1.165) is 18.4 Å². The molecule has 0 saturated heterocycles. The Bertz CT molecular complexity index is 531. The third kappa shape index (κ3) is 11.6. The number of rotatable bonds is 6. The summed E-state index contributed by atoms with van der Waals surface area (Å²) in [6.45, 7) is 11.8. The maximum absolute atomic E-state index is 11.8. The number of carbonyl (C=O) groups is 2. The van der Waals surface area contributed by atoms with Crippen molar-refractivity contribution >= 4 is 12.4 Å². The summed E-state index contributed by atoms with van der Waals surface area (Å²) in [5.74, 6) is 0.517. The van der Waals surface area contributed by atoms with Crippen LogP contribution in [0.5, 0.6) is 0 Å². The zero-order valence-corrected chi connectivity index (χ0v) is 17.7. The molecule has 0 fully saturated rings. The van der Waals surface area contributed by atoms with Crippen molar-refractivity contribution in [2.45, 2.75) is 47.1 Å². The van der Waals surface area contributed by atoms with Crippen LogP contribution in [0.25, 0.3) is 0 Å². The van der Waals surface area contributed by atoms with Crippen LogP contribution in [0.1, 0.15) is 51.7 Å². The minimum absolute atomic E-state index is 0.139. The van der Waals surface area contributed by atoms with Crippen LogP contribution >= 0.6 is 0 Å². The summed E-state index contributed by atoms with van der Waals surface area (Å²) in [7, 11) is 5.72. The van der Waals surface area contributed by atoms with E-state index in [-0.39, 0.29) is 11.5 Å². The molecule has 0 saturated carbocycles. The Hall–Kier alpha value is -1.88. The number of nitrogens with zero attached hydrogens (tertiary/aromatic N) is 2. The third-order valence-electron chi connectivity index (χ3n) is 3.56. The van der Waals surface area contributed by atoms with Gasteiger partial charge in [0.05, 0.1) is 0 Å². The molecule has 0 heterocycles. The van der Waals surface area contributed by atoms with Crippen molar-refractivity contribution < 1.29 is 14.3 Å². The Morgan fingerprint density at radius 3 is 1.96 bits per heavy atom. The Morgan fingerprint density at radius 1 is 1.08 bits per heavy atom. The van der Waals surface area contributed by atoms with E-state index in [1.165, 1.54) is 5.56 Å².